The smallest absolute Gasteiger partial charge is 0.161 e. The second-order valence-electron chi connectivity index (χ2n) is 4.42. The molecule has 0 amide bonds. The monoisotopic (exact) mass is 292 g/mol. The SMILES string of the molecule is COc1ccc(Cc2nc(C)cc(CCl)n2)cc1OC. The summed E-state index contributed by atoms with van der Waals surface area (Å²) in [7, 11) is 3.24. The van der Waals surface area contributed by atoms with Gasteiger partial charge in [0.15, 0.2) is 11.5 Å². The third-order valence-electron chi connectivity index (χ3n) is 2.90. The maximum absolute atomic E-state index is 5.83. The summed E-state index contributed by atoms with van der Waals surface area (Å²) in [6, 6.07) is 7.69. The minimum absolute atomic E-state index is 0.391. The molecule has 5 heteroatoms. The van der Waals surface area contributed by atoms with Crippen molar-refractivity contribution in [2.24, 2.45) is 0 Å². The molecule has 0 N–H and O–H groups in total. The predicted octanol–water partition coefficient (Wildman–Crippen LogP) is 3.13. The van der Waals surface area contributed by atoms with Gasteiger partial charge in [0.25, 0.3) is 0 Å². The van der Waals surface area contributed by atoms with Gasteiger partial charge < -0.3 is 9.47 Å². The van der Waals surface area contributed by atoms with E-state index in [1.807, 2.05) is 31.2 Å². The van der Waals surface area contributed by atoms with E-state index in [0.717, 1.165) is 22.8 Å². The number of alkyl halides is 1. The molecule has 1 aromatic carbocycles. The van der Waals surface area contributed by atoms with Gasteiger partial charge in [0.2, 0.25) is 0 Å². The van der Waals surface area contributed by atoms with E-state index in [4.69, 9.17) is 21.1 Å². The Kier molecular flexibility index (Phi) is 4.79. The van der Waals surface area contributed by atoms with Crippen molar-refractivity contribution in [1.29, 1.82) is 0 Å². The normalized spacial score (nSPS) is 10.4. The molecular weight excluding hydrogens is 276 g/mol. The van der Waals surface area contributed by atoms with Gasteiger partial charge in [0, 0.05) is 12.1 Å². The molecule has 4 nitrogen and oxygen atoms in total. The zero-order valence-corrected chi connectivity index (χ0v) is 12.6. The first-order valence-corrected chi connectivity index (χ1v) is 6.80. The van der Waals surface area contributed by atoms with Crippen LogP contribution in [-0.4, -0.2) is 24.2 Å². The van der Waals surface area contributed by atoms with Crippen LogP contribution in [0, 0.1) is 6.92 Å². The second kappa shape index (κ2) is 6.57. The molecule has 20 heavy (non-hydrogen) atoms. The number of rotatable bonds is 5. The van der Waals surface area contributed by atoms with Gasteiger partial charge in [0.05, 0.1) is 25.8 Å². The zero-order valence-electron chi connectivity index (χ0n) is 11.8. The number of halogens is 1. The Morgan fingerprint density at radius 2 is 1.80 bits per heavy atom. The van der Waals surface area contributed by atoms with Crippen LogP contribution in [0.25, 0.3) is 0 Å². The largest absolute Gasteiger partial charge is 0.493 e. The van der Waals surface area contributed by atoms with Crippen molar-refractivity contribution in [3.8, 4) is 11.5 Å². The van der Waals surface area contributed by atoms with Crippen LogP contribution in [0.15, 0.2) is 24.3 Å². The molecule has 0 aliphatic rings. The molecule has 1 heterocycles. The molecular formula is C15H17ClN2O2. The summed E-state index contributed by atoms with van der Waals surface area (Å²) >= 11 is 5.83. The predicted molar refractivity (Wildman–Crippen MR) is 78.7 cm³/mol. The van der Waals surface area contributed by atoms with E-state index in [1.165, 1.54) is 0 Å². The minimum Gasteiger partial charge on any atom is -0.493 e. The summed E-state index contributed by atoms with van der Waals surface area (Å²) in [6.45, 7) is 1.94. The van der Waals surface area contributed by atoms with Crippen molar-refractivity contribution in [3.63, 3.8) is 0 Å². The number of methoxy groups -OCH3 is 2. The standard InChI is InChI=1S/C15H17ClN2O2/c1-10-6-12(9-16)18-15(17-10)8-11-4-5-13(19-2)14(7-11)20-3/h4-7H,8-9H2,1-3H3. The first-order valence-electron chi connectivity index (χ1n) is 6.26. The lowest BCUT2D eigenvalue weighted by Gasteiger charge is -2.09. The zero-order chi connectivity index (χ0) is 14.5. The Morgan fingerprint density at radius 1 is 1.05 bits per heavy atom. The molecule has 0 spiro atoms. The number of aromatic nitrogens is 2. The first kappa shape index (κ1) is 14.6. The third-order valence-corrected chi connectivity index (χ3v) is 3.17. The van der Waals surface area contributed by atoms with E-state index in [0.29, 0.717) is 23.8 Å². The lowest BCUT2D eigenvalue weighted by Crippen LogP contribution is -2.02. The van der Waals surface area contributed by atoms with Gasteiger partial charge in [0.1, 0.15) is 5.82 Å². The molecule has 0 atom stereocenters. The van der Waals surface area contributed by atoms with Crippen LogP contribution in [0.4, 0.5) is 0 Å². The number of hydrogen-bond donors (Lipinski definition) is 0. The van der Waals surface area contributed by atoms with Crippen LogP contribution >= 0.6 is 11.6 Å². The Labute approximate surface area is 123 Å². The quantitative estimate of drug-likeness (QED) is 0.794. The molecule has 0 radical (unpaired) electrons. The molecule has 0 fully saturated rings. The number of nitrogens with zero attached hydrogens (tertiary/aromatic N) is 2. The van der Waals surface area contributed by atoms with E-state index in [2.05, 4.69) is 9.97 Å². The van der Waals surface area contributed by atoms with Gasteiger partial charge in [-0.05, 0) is 30.7 Å². The molecule has 106 valence electrons. The van der Waals surface area contributed by atoms with E-state index >= 15 is 0 Å². The Hall–Kier alpha value is -1.81. The number of ether oxygens (including phenoxy) is 2. The fraction of sp³-hybridized carbons (Fsp3) is 0.333. The fourth-order valence-electron chi connectivity index (χ4n) is 2.02. The van der Waals surface area contributed by atoms with E-state index < -0.39 is 0 Å². The molecule has 0 bridgehead atoms. The van der Waals surface area contributed by atoms with Crippen LogP contribution in [0.5, 0.6) is 11.5 Å². The molecule has 2 rings (SSSR count). The Morgan fingerprint density at radius 3 is 2.45 bits per heavy atom. The van der Waals surface area contributed by atoms with Crippen molar-refractivity contribution >= 4 is 11.6 Å². The Balaban J connectivity index is 2.27. The molecule has 1 aromatic heterocycles. The van der Waals surface area contributed by atoms with Crippen molar-refractivity contribution < 1.29 is 9.47 Å². The topological polar surface area (TPSA) is 44.2 Å². The lowest BCUT2D eigenvalue weighted by atomic mass is 10.1. The van der Waals surface area contributed by atoms with E-state index in [9.17, 15) is 0 Å². The maximum atomic E-state index is 5.83. The van der Waals surface area contributed by atoms with E-state index in [-0.39, 0.29) is 0 Å². The Bertz CT molecular complexity index is 602. The summed E-state index contributed by atoms with van der Waals surface area (Å²) in [5, 5.41) is 0. The van der Waals surface area contributed by atoms with Gasteiger partial charge in [-0.3, -0.25) is 0 Å². The highest BCUT2D eigenvalue weighted by atomic mass is 35.5. The molecule has 0 unspecified atom stereocenters. The van der Waals surface area contributed by atoms with Crippen LogP contribution in [-0.2, 0) is 12.3 Å². The molecule has 2 aromatic rings. The van der Waals surface area contributed by atoms with Gasteiger partial charge in [-0.25, -0.2) is 9.97 Å². The van der Waals surface area contributed by atoms with Gasteiger partial charge in [-0.1, -0.05) is 6.07 Å². The van der Waals surface area contributed by atoms with Crippen LogP contribution in [0.2, 0.25) is 0 Å². The highest BCUT2D eigenvalue weighted by Crippen LogP contribution is 2.28. The molecule has 0 aliphatic heterocycles. The van der Waals surface area contributed by atoms with Crippen LogP contribution < -0.4 is 9.47 Å². The second-order valence-corrected chi connectivity index (χ2v) is 4.68. The first-order chi connectivity index (χ1) is 9.66. The fourth-order valence-corrected chi connectivity index (χ4v) is 2.16. The van der Waals surface area contributed by atoms with Crippen LogP contribution in [0.1, 0.15) is 22.8 Å². The minimum atomic E-state index is 0.391. The average molecular weight is 293 g/mol. The van der Waals surface area contributed by atoms with Gasteiger partial charge in [-0.2, -0.15) is 0 Å². The van der Waals surface area contributed by atoms with Crippen LogP contribution in [0.3, 0.4) is 0 Å². The third kappa shape index (κ3) is 3.39. The van der Waals surface area contributed by atoms with Crippen molar-refractivity contribution in [3.05, 3.63) is 47.0 Å². The maximum Gasteiger partial charge on any atom is 0.161 e. The van der Waals surface area contributed by atoms with E-state index in [1.54, 1.807) is 14.2 Å². The van der Waals surface area contributed by atoms with Crippen molar-refractivity contribution in [1.82, 2.24) is 9.97 Å². The summed E-state index contributed by atoms with van der Waals surface area (Å²) in [4.78, 5) is 8.86. The summed E-state index contributed by atoms with van der Waals surface area (Å²) in [6.07, 6.45) is 0.631. The molecule has 0 saturated heterocycles. The summed E-state index contributed by atoms with van der Waals surface area (Å²) in [5.74, 6) is 2.56. The summed E-state index contributed by atoms with van der Waals surface area (Å²) in [5.41, 5.74) is 2.83. The summed E-state index contributed by atoms with van der Waals surface area (Å²) < 4.78 is 10.5. The van der Waals surface area contributed by atoms with Gasteiger partial charge >= 0.3 is 0 Å². The number of hydrogen-bond acceptors (Lipinski definition) is 4. The van der Waals surface area contributed by atoms with Gasteiger partial charge in [-0.15, -0.1) is 11.6 Å². The molecule has 0 saturated carbocycles. The lowest BCUT2D eigenvalue weighted by molar-refractivity contribution is 0.354. The van der Waals surface area contributed by atoms with Crippen molar-refractivity contribution in [2.45, 2.75) is 19.2 Å². The number of benzene rings is 1. The highest BCUT2D eigenvalue weighted by molar-refractivity contribution is 6.16. The van der Waals surface area contributed by atoms with Crippen molar-refractivity contribution in [2.75, 3.05) is 14.2 Å². The number of aryl methyl sites for hydroxylation is 1. The molecule has 0 aliphatic carbocycles. The average Bonchev–Trinajstić information content (AvgIpc) is 2.46. The highest BCUT2D eigenvalue weighted by Gasteiger charge is 2.07.